The predicted octanol–water partition coefficient (Wildman–Crippen LogP) is 2.95. The highest BCUT2D eigenvalue weighted by atomic mass is 32.2. The summed E-state index contributed by atoms with van der Waals surface area (Å²) in [6.07, 6.45) is 1.20. The van der Waals surface area contributed by atoms with Crippen molar-refractivity contribution in [2.75, 3.05) is 18.2 Å². The number of aromatic nitrogens is 3. The second kappa shape index (κ2) is 7.38. The molecule has 1 aromatic heterocycles. The number of ether oxygens (including phenoxy) is 1. The standard InChI is InChI=1S/C19H19FN4O3S/c1-10-7-13-16(14(25)8-10)17(11-3-5-12(20)6-4-11)24-18(21-13)22-19(23-24)28-9-15(26)27-2/h3-6,10,17H,7-9H2,1-2H3,(H,21,22,23). The highest BCUT2D eigenvalue weighted by molar-refractivity contribution is 7.99. The highest BCUT2D eigenvalue weighted by Crippen LogP contribution is 2.41. The fourth-order valence-electron chi connectivity index (χ4n) is 3.58. The molecule has 0 fully saturated rings. The first-order chi connectivity index (χ1) is 13.5. The van der Waals surface area contributed by atoms with E-state index in [-0.39, 0.29) is 29.2 Å². The molecule has 1 N–H and O–H groups in total. The predicted molar refractivity (Wildman–Crippen MR) is 101 cm³/mol. The Kier molecular flexibility index (Phi) is 4.92. The van der Waals surface area contributed by atoms with Crippen LogP contribution >= 0.6 is 11.8 Å². The summed E-state index contributed by atoms with van der Waals surface area (Å²) in [5.41, 5.74) is 2.24. The number of carbonyl (C=O) groups excluding carboxylic acids is 2. The van der Waals surface area contributed by atoms with Gasteiger partial charge in [-0.25, -0.2) is 9.07 Å². The third-order valence-corrected chi connectivity index (χ3v) is 5.65. The summed E-state index contributed by atoms with van der Waals surface area (Å²) in [5, 5.41) is 8.14. The van der Waals surface area contributed by atoms with Crippen molar-refractivity contribution in [1.29, 1.82) is 0 Å². The Morgan fingerprint density at radius 3 is 2.82 bits per heavy atom. The smallest absolute Gasteiger partial charge is 0.316 e. The average molecular weight is 402 g/mol. The lowest BCUT2D eigenvalue weighted by Gasteiger charge is -2.34. The van der Waals surface area contributed by atoms with Gasteiger partial charge in [-0.3, -0.25) is 9.59 Å². The van der Waals surface area contributed by atoms with E-state index in [0.29, 0.717) is 23.1 Å². The van der Waals surface area contributed by atoms with Gasteiger partial charge in [0.2, 0.25) is 11.1 Å². The van der Waals surface area contributed by atoms with E-state index in [1.165, 1.54) is 19.2 Å². The average Bonchev–Trinajstić information content (AvgIpc) is 3.07. The van der Waals surface area contributed by atoms with Gasteiger partial charge in [0.1, 0.15) is 11.9 Å². The number of Topliss-reactive ketones (excluding diaryl/α,β-unsaturated/α-hetero) is 1. The van der Waals surface area contributed by atoms with Gasteiger partial charge in [-0.1, -0.05) is 30.8 Å². The Bertz CT molecular complexity index is 970. The van der Waals surface area contributed by atoms with Crippen molar-refractivity contribution in [3.8, 4) is 0 Å². The van der Waals surface area contributed by atoms with Crippen LogP contribution in [0, 0.1) is 11.7 Å². The number of benzene rings is 1. The Morgan fingerprint density at radius 1 is 1.36 bits per heavy atom. The van der Waals surface area contributed by atoms with Crippen LogP contribution in [0.1, 0.15) is 31.4 Å². The summed E-state index contributed by atoms with van der Waals surface area (Å²) in [4.78, 5) is 28.7. The van der Waals surface area contributed by atoms with Crippen molar-refractivity contribution in [3.05, 3.63) is 46.9 Å². The number of anilines is 1. The SMILES string of the molecule is COC(=O)CSc1nc2n(n1)C(c1ccc(F)cc1)C1=C(CC(C)CC1=O)N2. The summed E-state index contributed by atoms with van der Waals surface area (Å²) in [7, 11) is 1.32. The lowest BCUT2D eigenvalue weighted by atomic mass is 9.81. The lowest BCUT2D eigenvalue weighted by molar-refractivity contribution is -0.137. The summed E-state index contributed by atoms with van der Waals surface area (Å²) in [6, 6.07) is 5.59. The number of nitrogens with zero attached hydrogens (tertiary/aromatic N) is 3. The maximum atomic E-state index is 13.5. The Labute approximate surface area is 165 Å². The molecule has 4 rings (SSSR count). The number of nitrogens with one attached hydrogen (secondary N) is 1. The van der Waals surface area contributed by atoms with Gasteiger partial charge in [0.25, 0.3) is 0 Å². The number of halogens is 1. The quantitative estimate of drug-likeness (QED) is 0.622. The molecule has 28 heavy (non-hydrogen) atoms. The largest absolute Gasteiger partial charge is 0.468 e. The molecule has 0 bridgehead atoms. The Balaban J connectivity index is 1.76. The number of allylic oxidation sites excluding steroid dienone is 2. The van der Waals surface area contributed by atoms with E-state index in [1.54, 1.807) is 16.8 Å². The van der Waals surface area contributed by atoms with E-state index >= 15 is 0 Å². The molecule has 2 aromatic rings. The molecule has 1 aliphatic heterocycles. The molecule has 2 aliphatic rings. The molecular formula is C19H19FN4O3S. The van der Waals surface area contributed by atoms with Crippen molar-refractivity contribution < 1.29 is 18.7 Å². The van der Waals surface area contributed by atoms with Crippen LogP contribution < -0.4 is 5.32 Å². The minimum Gasteiger partial charge on any atom is -0.468 e. The number of carbonyl (C=O) groups is 2. The van der Waals surface area contributed by atoms with E-state index in [2.05, 4.69) is 20.1 Å². The zero-order chi connectivity index (χ0) is 19.8. The molecule has 0 radical (unpaired) electrons. The number of hydrogen-bond acceptors (Lipinski definition) is 7. The van der Waals surface area contributed by atoms with Crippen LogP contribution in [0.15, 0.2) is 40.7 Å². The first kappa shape index (κ1) is 18.7. The fourth-order valence-corrected chi connectivity index (χ4v) is 4.25. The second-order valence-corrected chi connectivity index (χ2v) is 7.88. The zero-order valence-electron chi connectivity index (χ0n) is 15.4. The first-order valence-electron chi connectivity index (χ1n) is 8.91. The molecule has 146 valence electrons. The van der Waals surface area contributed by atoms with Gasteiger partial charge in [0.15, 0.2) is 5.78 Å². The molecule has 2 atom stereocenters. The number of ketones is 1. The molecule has 1 aliphatic carbocycles. The number of methoxy groups -OCH3 is 1. The normalized spacial score (nSPS) is 21.0. The Hall–Kier alpha value is -2.68. The van der Waals surface area contributed by atoms with Gasteiger partial charge in [0.05, 0.1) is 12.9 Å². The number of thioether (sulfide) groups is 1. The van der Waals surface area contributed by atoms with Crippen LogP contribution in [0.3, 0.4) is 0 Å². The van der Waals surface area contributed by atoms with Gasteiger partial charge in [0, 0.05) is 17.7 Å². The summed E-state index contributed by atoms with van der Waals surface area (Å²) in [5.74, 6) is 0.161. The van der Waals surface area contributed by atoms with Crippen molar-refractivity contribution >= 4 is 29.5 Å². The van der Waals surface area contributed by atoms with Crippen LogP contribution in [0.25, 0.3) is 0 Å². The van der Waals surface area contributed by atoms with E-state index in [1.807, 2.05) is 6.92 Å². The van der Waals surface area contributed by atoms with Crippen LogP contribution in [-0.4, -0.2) is 39.4 Å². The molecule has 0 saturated heterocycles. The number of esters is 1. The van der Waals surface area contributed by atoms with Crippen molar-refractivity contribution in [2.45, 2.75) is 31.0 Å². The van der Waals surface area contributed by atoms with E-state index < -0.39 is 6.04 Å². The summed E-state index contributed by atoms with van der Waals surface area (Å²) < 4.78 is 19.7. The van der Waals surface area contributed by atoms with E-state index in [4.69, 9.17) is 0 Å². The second-order valence-electron chi connectivity index (χ2n) is 6.94. The molecule has 7 nitrogen and oxygen atoms in total. The third kappa shape index (κ3) is 3.42. The van der Waals surface area contributed by atoms with Crippen molar-refractivity contribution in [1.82, 2.24) is 14.8 Å². The summed E-state index contributed by atoms with van der Waals surface area (Å²) >= 11 is 1.16. The first-order valence-corrected chi connectivity index (χ1v) is 9.89. The summed E-state index contributed by atoms with van der Waals surface area (Å²) in [6.45, 7) is 2.03. The number of fused-ring (bicyclic) bond motifs is 1. The Morgan fingerprint density at radius 2 is 2.11 bits per heavy atom. The maximum absolute atomic E-state index is 13.5. The van der Waals surface area contributed by atoms with Crippen molar-refractivity contribution in [2.24, 2.45) is 5.92 Å². The molecule has 9 heteroatoms. The highest BCUT2D eigenvalue weighted by Gasteiger charge is 2.38. The number of hydrogen-bond donors (Lipinski definition) is 1. The molecule has 0 amide bonds. The molecule has 0 saturated carbocycles. The van der Waals surface area contributed by atoms with Crippen molar-refractivity contribution in [3.63, 3.8) is 0 Å². The zero-order valence-corrected chi connectivity index (χ0v) is 16.3. The minimum absolute atomic E-state index is 0.0560. The van der Waals surface area contributed by atoms with Gasteiger partial charge in [-0.2, -0.15) is 4.98 Å². The lowest BCUT2D eigenvalue weighted by Crippen LogP contribution is -2.33. The van der Waals surface area contributed by atoms with Gasteiger partial charge >= 0.3 is 5.97 Å². The van der Waals surface area contributed by atoms with E-state index in [0.717, 1.165) is 29.4 Å². The maximum Gasteiger partial charge on any atom is 0.316 e. The van der Waals surface area contributed by atoms with Gasteiger partial charge in [-0.05, 0) is 30.0 Å². The van der Waals surface area contributed by atoms with Crippen LogP contribution in [0.4, 0.5) is 10.3 Å². The number of rotatable bonds is 4. The molecular weight excluding hydrogens is 383 g/mol. The topological polar surface area (TPSA) is 86.1 Å². The minimum atomic E-state index is -0.480. The van der Waals surface area contributed by atoms with Crippen LogP contribution in [0.5, 0.6) is 0 Å². The monoisotopic (exact) mass is 402 g/mol. The van der Waals surface area contributed by atoms with Crippen LogP contribution in [-0.2, 0) is 14.3 Å². The molecule has 2 unspecified atom stereocenters. The fraction of sp³-hybridized carbons (Fsp3) is 0.368. The van der Waals surface area contributed by atoms with Gasteiger partial charge in [-0.15, -0.1) is 5.10 Å². The molecule has 2 heterocycles. The third-order valence-electron chi connectivity index (χ3n) is 4.84. The van der Waals surface area contributed by atoms with Gasteiger partial charge < -0.3 is 10.1 Å². The van der Waals surface area contributed by atoms with E-state index in [9.17, 15) is 14.0 Å². The molecule has 1 aromatic carbocycles. The van der Waals surface area contributed by atoms with Crippen LogP contribution in [0.2, 0.25) is 0 Å². The molecule has 0 spiro atoms.